The molecule has 0 saturated heterocycles. The Morgan fingerprint density at radius 3 is 2.67 bits per heavy atom. The van der Waals surface area contributed by atoms with Crippen LogP contribution >= 0.6 is 0 Å². The molecule has 3 N–H and O–H groups in total. The van der Waals surface area contributed by atoms with Crippen LogP contribution in [0.4, 0.5) is 15.8 Å². The van der Waals surface area contributed by atoms with Gasteiger partial charge in [0.1, 0.15) is 12.4 Å². The molecule has 3 aromatic rings. The van der Waals surface area contributed by atoms with Gasteiger partial charge in [0.2, 0.25) is 5.91 Å². The van der Waals surface area contributed by atoms with E-state index in [4.69, 9.17) is 5.73 Å². The maximum Gasteiger partial charge on any atom is 0.244 e. The van der Waals surface area contributed by atoms with E-state index in [9.17, 15) is 9.18 Å². The van der Waals surface area contributed by atoms with Gasteiger partial charge in [-0.2, -0.15) is 0 Å². The van der Waals surface area contributed by atoms with Crippen molar-refractivity contribution in [2.75, 3.05) is 11.1 Å². The van der Waals surface area contributed by atoms with Gasteiger partial charge in [0, 0.05) is 23.0 Å². The number of aromatic nitrogens is 1. The number of halogens is 1. The highest BCUT2D eigenvalue weighted by Crippen LogP contribution is 2.19. The quantitative estimate of drug-likeness (QED) is 0.726. The summed E-state index contributed by atoms with van der Waals surface area (Å²) in [4.78, 5) is 12.0. The fraction of sp³-hybridized carbons (Fsp3) is 0.0625. The predicted molar refractivity (Wildman–Crippen MR) is 81.4 cm³/mol. The highest BCUT2D eigenvalue weighted by molar-refractivity contribution is 5.92. The molecule has 1 amide bonds. The van der Waals surface area contributed by atoms with Gasteiger partial charge in [-0.05, 0) is 42.5 Å². The van der Waals surface area contributed by atoms with Gasteiger partial charge in [-0.3, -0.25) is 4.79 Å². The van der Waals surface area contributed by atoms with Gasteiger partial charge < -0.3 is 15.6 Å². The maximum absolute atomic E-state index is 13.6. The Morgan fingerprint density at radius 1 is 1.14 bits per heavy atom. The van der Waals surface area contributed by atoms with E-state index < -0.39 is 0 Å². The minimum Gasteiger partial charge on any atom is -0.399 e. The Hall–Kier alpha value is -2.82. The van der Waals surface area contributed by atoms with Crippen LogP contribution in [-0.2, 0) is 11.3 Å². The molecule has 106 valence electrons. The average Bonchev–Trinajstić information content (AvgIpc) is 2.86. The number of hydrogen-bond acceptors (Lipinski definition) is 2. The summed E-state index contributed by atoms with van der Waals surface area (Å²) in [6.45, 7) is 0.122. The van der Waals surface area contributed by atoms with E-state index in [-0.39, 0.29) is 18.3 Å². The summed E-state index contributed by atoms with van der Waals surface area (Å²) < 4.78 is 15.3. The molecule has 4 nitrogen and oxygen atoms in total. The van der Waals surface area contributed by atoms with Crippen LogP contribution in [0.2, 0.25) is 0 Å². The fourth-order valence-electron chi connectivity index (χ4n) is 2.25. The van der Waals surface area contributed by atoms with Crippen molar-refractivity contribution in [2.45, 2.75) is 6.54 Å². The van der Waals surface area contributed by atoms with Gasteiger partial charge in [0.05, 0.1) is 5.52 Å². The molecular weight excluding hydrogens is 269 g/mol. The zero-order valence-electron chi connectivity index (χ0n) is 11.2. The highest BCUT2D eigenvalue weighted by atomic mass is 19.1. The summed E-state index contributed by atoms with van der Waals surface area (Å²) in [5.74, 6) is -0.466. The molecule has 0 radical (unpaired) electrons. The van der Waals surface area contributed by atoms with Gasteiger partial charge in [-0.25, -0.2) is 4.39 Å². The summed E-state index contributed by atoms with van der Waals surface area (Å²) in [7, 11) is 0. The van der Waals surface area contributed by atoms with Gasteiger partial charge in [0.15, 0.2) is 0 Å². The van der Waals surface area contributed by atoms with Crippen LogP contribution in [0.15, 0.2) is 54.7 Å². The van der Waals surface area contributed by atoms with E-state index in [2.05, 4.69) is 5.32 Å². The molecule has 0 fully saturated rings. The lowest BCUT2D eigenvalue weighted by Crippen LogP contribution is -2.18. The molecule has 1 aromatic heterocycles. The smallest absolute Gasteiger partial charge is 0.244 e. The second-order valence-electron chi connectivity index (χ2n) is 4.79. The van der Waals surface area contributed by atoms with E-state index in [1.54, 1.807) is 53.2 Å². The molecule has 1 heterocycles. The standard InChI is InChI=1S/C16H14FN3O/c17-14-2-1-3-15-13(14)8-9-20(15)10-16(21)19-12-6-4-11(18)5-7-12/h1-9H,10,18H2,(H,19,21). The van der Waals surface area contributed by atoms with Crippen LogP contribution in [0.25, 0.3) is 10.9 Å². The van der Waals surface area contributed by atoms with Gasteiger partial charge in [0.25, 0.3) is 0 Å². The Kier molecular flexibility index (Phi) is 3.31. The summed E-state index contributed by atoms with van der Waals surface area (Å²) in [5, 5.41) is 3.29. The molecule has 0 unspecified atom stereocenters. The zero-order valence-corrected chi connectivity index (χ0v) is 11.2. The van der Waals surface area contributed by atoms with Crippen LogP contribution in [-0.4, -0.2) is 10.5 Å². The molecule has 0 aliphatic carbocycles. The summed E-state index contributed by atoms with van der Waals surface area (Å²) >= 11 is 0. The number of fused-ring (bicyclic) bond motifs is 1. The summed E-state index contributed by atoms with van der Waals surface area (Å²) in [6, 6.07) is 13.4. The SMILES string of the molecule is Nc1ccc(NC(=O)Cn2ccc3c(F)cccc32)cc1. The van der Waals surface area contributed by atoms with Crippen LogP contribution in [0.3, 0.4) is 0 Å². The van der Waals surface area contributed by atoms with E-state index in [1.165, 1.54) is 6.07 Å². The molecule has 3 rings (SSSR count). The molecule has 0 saturated carbocycles. The first-order valence-electron chi connectivity index (χ1n) is 6.52. The van der Waals surface area contributed by atoms with Crippen molar-refractivity contribution in [1.29, 1.82) is 0 Å². The number of carbonyl (C=O) groups excluding carboxylic acids is 1. The number of nitrogen functional groups attached to an aromatic ring is 1. The van der Waals surface area contributed by atoms with Crippen molar-refractivity contribution in [2.24, 2.45) is 0 Å². The Bertz CT molecular complexity index is 793. The van der Waals surface area contributed by atoms with Gasteiger partial charge in [-0.1, -0.05) is 6.07 Å². The number of anilines is 2. The third-order valence-electron chi connectivity index (χ3n) is 3.27. The van der Waals surface area contributed by atoms with Crippen molar-refractivity contribution < 1.29 is 9.18 Å². The second kappa shape index (κ2) is 5.28. The highest BCUT2D eigenvalue weighted by Gasteiger charge is 2.08. The van der Waals surface area contributed by atoms with E-state index in [0.29, 0.717) is 22.3 Å². The minimum atomic E-state index is -0.287. The van der Waals surface area contributed by atoms with Gasteiger partial charge in [-0.15, -0.1) is 0 Å². The monoisotopic (exact) mass is 283 g/mol. The molecule has 0 spiro atoms. The normalized spacial score (nSPS) is 10.7. The van der Waals surface area contributed by atoms with Crippen molar-refractivity contribution in [3.8, 4) is 0 Å². The molecule has 5 heteroatoms. The third kappa shape index (κ3) is 2.72. The van der Waals surface area contributed by atoms with Crippen LogP contribution < -0.4 is 11.1 Å². The minimum absolute atomic E-state index is 0.122. The predicted octanol–water partition coefficient (Wildman–Crippen LogP) is 3.00. The average molecular weight is 283 g/mol. The number of nitrogens with zero attached hydrogens (tertiary/aromatic N) is 1. The number of benzene rings is 2. The Balaban J connectivity index is 1.77. The van der Waals surface area contributed by atoms with E-state index in [0.717, 1.165) is 0 Å². The second-order valence-corrected chi connectivity index (χ2v) is 4.79. The lowest BCUT2D eigenvalue weighted by Gasteiger charge is -2.07. The molecular formula is C16H14FN3O. The van der Waals surface area contributed by atoms with E-state index in [1.807, 2.05) is 0 Å². The van der Waals surface area contributed by atoms with Crippen LogP contribution in [0.5, 0.6) is 0 Å². The maximum atomic E-state index is 13.6. The number of carbonyl (C=O) groups is 1. The Morgan fingerprint density at radius 2 is 1.90 bits per heavy atom. The fourth-order valence-corrected chi connectivity index (χ4v) is 2.25. The molecule has 0 aliphatic rings. The molecule has 2 aromatic carbocycles. The first-order chi connectivity index (χ1) is 10.1. The van der Waals surface area contributed by atoms with Crippen molar-refractivity contribution >= 4 is 28.2 Å². The Labute approximate surface area is 121 Å². The van der Waals surface area contributed by atoms with Gasteiger partial charge >= 0.3 is 0 Å². The molecule has 0 bridgehead atoms. The molecule has 21 heavy (non-hydrogen) atoms. The zero-order chi connectivity index (χ0) is 14.8. The largest absolute Gasteiger partial charge is 0.399 e. The number of rotatable bonds is 3. The van der Waals surface area contributed by atoms with Crippen LogP contribution in [0.1, 0.15) is 0 Å². The topological polar surface area (TPSA) is 60.0 Å². The number of nitrogens with two attached hydrogens (primary N) is 1. The molecule has 0 aliphatic heterocycles. The number of hydrogen-bond donors (Lipinski definition) is 2. The number of nitrogens with one attached hydrogen (secondary N) is 1. The number of amides is 1. The lowest BCUT2D eigenvalue weighted by atomic mass is 10.2. The summed E-state index contributed by atoms with van der Waals surface area (Å²) in [6.07, 6.45) is 1.70. The van der Waals surface area contributed by atoms with Crippen molar-refractivity contribution in [3.05, 3.63) is 60.5 Å². The van der Waals surface area contributed by atoms with Crippen LogP contribution in [0, 0.1) is 5.82 Å². The van der Waals surface area contributed by atoms with E-state index >= 15 is 0 Å². The first-order valence-corrected chi connectivity index (χ1v) is 6.52. The third-order valence-corrected chi connectivity index (χ3v) is 3.27. The lowest BCUT2D eigenvalue weighted by molar-refractivity contribution is -0.116. The molecule has 0 atom stereocenters. The summed E-state index contributed by atoms with van der Waals surface area (Å²) in [5.41, 5.74) is 7.60. The first kappa shape index (κ1) is 13.2. The van der Waals surface area contributed by atoms with Crippen molar-refractivity contribution in [1.82, 2.24) is 4.57 Å². The van der Waals surface area contributed by atoms with Crippen molar-refractivity contribution in [3.63, 3.8) is 0 Å².